The zero-order valence-electron chi connectivity index (χ0n) is 11.9. The van der Waals surface area contributed by atoms with Crippen molar-refractivity contribution in [2.24, 2.45) is 5.92 Å². The number of carbonyl (C=O) groups excluding carboxylic acids is 1. The van der Waals surface area contributed by atoms with E-state index in [4.69, 9.17) is 4.74 Å². The van der Waals surface area contributed by atoms with Crippen LogP contribution in [0.25, 0.3) is 0 Å². The Morgan fingerprint density at radius 1 is 1.58 bits per heavy atom. The number of hydrogen-bond acceptors (Lipinski definition) is 5. The van der Waals surface area contributed by atoms with E-state index < -0.39 is 0 Å². The zero-order chi connectivity index (χ0) is 13.8. The molecule has 0 N–H and O–H groups in total. The summed E-state index contributed by atoms with van der Waals surface area (Å²) in [5.41, 5.74) is 0.934. The summed E-state index contributed by atoms with van der Waals surface area (Å²) < 4.78 is 5.25. The molecule has 1 unspecified atom stereocenters. The summed E-state index contributed by atoms with van der Waals surface area (Å²) in [7, 11) is 1.75. The highest BCUT2D eigenvalue weighted by atomic mass is 32.1. The second kappa shape index (κ2) is 6.48. The van der Waals surface area contributed by atoms with E-state index in [0.717, 1.165) is 41.7 Å². The van der Waals surface area contributed by atoms with Crippen molar-refractivity contribution in [3.05, 3.63) is 10.6 Å². The van der Waals surface area contributed by atoms with Crippen molar-refractivity contribution in [2.45, 2.75) is 32.6 Å². The van der Waals surface area contributed by atoms with Gasteiger partial charge in [-0.3, -0.25) is 4.79 Å². The van der Waals surface area contributed by atoms with Crippen LogP contribution in [-0.4, -0.2) is 38.1 Å². The topological polar surface area (TPSA) is 42.4 Å². The molecule has 1 atom stereocenters. The third-order valence-corrected chi connectivity index (χ3v) is 4.57. The molecule has 0 saturated carbocycles. The van der Waals surface area contributed by atoms with Gasteiger partial charge in [-0.05, 0) is 24.7 Å². The Kier molecular flexibility index (Phi) is 4.93. The van der Waals surface area contributed by atoms with E-state index in [1.54, 1.807) is 7.11 Å². The first-order valence-corrected chi connectivity index (χ1v) is 7.67. The van der Waals surface area contributed by atoms with Crippen molar-refractivity contribution in [3.8, 4) is 0 Å². The van der Waals surface area contributed by atoms with E-state index in [-0.39, 0.29) is 0 Å². The lowest BCUT2D eigenvalue weighted by molar-refractivity contribution is 0.112. The largest absolute Gasteiger partial charge is 0.384 e. The maximum Gasteiger partial charge on any atom is 0.186 e. The van der Waals surface area contributed by atoms with Gasteiger partial charge < -0.3 is 9.64 Å². The number of piperidine rings is 1. The van der Waals surface area contributed by atoms with E-state index >= 15 is 0 Å². The highest BCUT2D eigenvalue weighted by molar-refractivity contribution is 7.17. The number of rotatable bonds is 5. The Balaban J connectivity index is 2.14. The van der Waals surface area contributed by atoms with Gasteiger partial charge in [-0.1, -0.05) is 25.2 Å². The molecule has 1 aromatic rings. The molecule has 0 bridgehead atoms. The lowest BCUT2D eigenvalue weighted by Crippen LogP contribution is -2.37. The first-order valence-electron chi connectivity index (χ1n) is 6.85. The Morgan fingerprint density at radius 2 is 2.37 bits per heavy atom. The predicted molar refractivity (Wildman–Crippen MR) is 78.4 cm³/mol. The van der Waals surface area contributed by atoms with Crippen LogP contribution in [0.15, 0.2) is 0 Å². The molecule has 1 aliphatic heterocycles. The fourth-order valence-corrected chi connectivity index (χ4v) is 3.65. The number of carbonyl (C=O) groups is 1. The molecule has 1 fully saturated rings. The van der Waals surface area contributed by atoms with Gasteiger partial charge in [0.2, 0.25) is 0 Å². The molecule has 1 aliphatic rings. The van der Waals surface area contributed by atoms with Crippen molar-refractivity contribution in [2.75, 3.05) is 31.7 Å². The molecule has 5 heteroatoms. The van der Waals surface area contributed by atoms with Gasteiger partial charge in [0.05, 0.1) is 17.2 Å². The summed E-state index contributed by atoms with van der Waals surface area (Å²) in [5.74, 6) is 0.870. The van der Waals surface area contributed by atoms with E-state index in [1.165, 1.54) is 24.2 Å². The van der Waals surface area contributed by atoms with E-state index in [1.807, 2.05) is 0 Å². The quantitative estimate of drug-likeness (QED) is 0.779. The number of nitrogens with zero attached hydrogens (tertiary/aromatic N) is 2. The van der Waals surface area contributed by atoms with E-state index in [2.05, 4.69) is 23.7 Å². The number of ether oxygens (including phenoxy) is 1. The minimum Gasteiger partial charge on any atom is -0.384 e. The van der Waals surface area contributed by atoms with Crippen LogP contribution < -0.4 is 4.90 Å². The fourth-order valence-electron chi connectivity index (χ4n) is 2.58. The van der Waals surface area contributed by atoms with Crippen LogP contribution in [-0.2, 0) is 4.74 Å². The summed E-state index contributed by atoms with van der Waals surface area (Å²) in [6.45, 7) is 6.98. The zero-order valence-corrected chi connectivity index (χ0v) is 12.7. The second-order valence-corrected chi connectivity index (χ2v) is 6.44. The Morgan fingerprint density at radius 3 is 2.95 bits per heavy atom. The second-order valence-electron chi connectivity index (χ2n) is 5.43. The van der Waals surface area contributed by atoms with Crippen molar-refractivity contribution >= 4 is 22.8 Å². The van der Waals surface area contributed by atoms with Gasteiger partial charge in [-0.15, -0.1) is 0 Å². The van der Waals surface area contributed by atoms with Crippen LogP contribution in [0.3, 0.4) is 0 Å². The van der Waals surface area contributed by atoms with Crippen molar-refractivity contribution in [1.82, 2.24) is 4.98 Å². The Hall–Kier alpha value is -0.940. The summed E-state index contributed by atoms with van der Waals surface area (Å²) in [6.07, 6.45) is 3.32. The average molecular weight is 282 g/mol. The molecular formula is C14H22N2O2S. The molecule has 2 heterocycles. The molecule has 106 valence electrons. The van der Waals surface area contributed by atoms with Crippen LogP contribution in [0, 0.1) is 5.92 Å². The maximum atomic E-state index is 11.1. The highest BCUT2D eigenvalue weighted by Crippen LogP contribution is 2.32. The molecule has 0 aliphatic carbocycles. The van der Waals surface area contributed by atoms with Crippen LogP contribution in [0.4, 0.5) is 5.13 Å². The number of anilines is 1. The SMILES string of the molecule is COCC1CCCN(c2nc(C(C)C)c(C=O)s2)C1. The van der Waals surface area contributed by atoms with Gasteiger partial charge in [0, 0.05) is 20.2 Å². The van der Waals surface area contributed by atoms with Gasteiger partial charge in [-0.2, -0.15) is 0 Å². The molecule has 0 amide bonds. The average Bonchev–Trinajstić information content (AvgIpc) is 2.84. The van der Waals surface area contributed by atoms with Gasteiger partial charge in [-0.25, -0.2) is 4.98 Å². The lowest BCUT2D eigenvalue weighted by Gasteiger charge is -2.32. The van der Waals surface area contributed by atoms with Gasteiger partial charge in [0.25, 0.3) is 0 Å². The molecule has 1 aromatic heterocycles. The fraction of sp³-hybridized carbons (Fsp3) is 0.714. The van der Waals surface area contributed by atoms with Crippen LogP contribution in [0.1, 0.15) is 48.0 Å². The number of aldehydes is 1. The number of thiazole rings is 1. The van der Waals surface area contributed by atoms with Gasteiger partial charge in [0.15, 0.2) is 11.4 Å². The van der Waals surface area contributed by atoms with Crippen molar-refractivity contribution < 1.29 is 9.53 Å². The number of hydrogen-bond donors (Lipinski definition) is 0. The highest BCUT2D eigenvalue weighted by Gasteiger charge is 2.24. The first-order chi connectivity index (χ1) is 9.15. The smallest absolute Gasteiger partial charge is 0.186 e. The van der Waals surface area contributed by atoms with E-state index in [0.29, 0.717) is 11.8 Å². The van der Waals surface area contributed by atoms with Crippen LogP contribution in [0.2, 0.25) is 0 Å². The Labute approximate surface area is 118 Å². The summed E-state index contributed by atoms with van der Waals surface area (Å²) >= 11 is 1.52. The van der Waals surface area contributed by atoms with Crippen LogP contribution >= 0.6 is 11.3 Å². The minimum atomic E-state index is 0.296. The molecule has 0 aromatic carbocycles. The van der Waals surface area contributed by atoms with E-state index in [9.17, 15) is 4.79 Å². The first kappa shape index (κ1) is 14.5. The van der Waals surface area contributed by atoms with Crippen LogP contribution in [0.5, 0.6) is 0 Å². The third-order valence-electron chi connectivity index (χ3n) is 3.52. The molecule has 2 rings (SSSR count). The van der Waals surface area contributed by atoms with Gasteiger partial charge >= 0.3 is 0 Å². The molecule has 1 saturated heterocycles. The maximum absolute atomic E-state index is 11.1. The normalized spacial score (nSPS) is 20.0. The standard InChI is InChI=1S/C14H22N2O2S/c1-10(2)13-12(8-17)19-14(15-13)16-6-4-5-11(7-16)9-18-3/h8,10-11H,4-7,9H2,1-3H3. The molecule has 4 nitrogen and oxygen atoms in total. The summed E-state index contributed by atoms with van der Waals surface area (Å²) in [4.78, 5) is 18.9. The predicted octanol–water partition coefficient (Wildman–Crippen LogP) is 2.94. The van der Waals surface area contributed by atoms with Crippen molar-refractivity contribution in [3.63, 3.8) is 0 Å². The number of methoxy groups -OCH3 is 1. The lowest BCUT2D eigenvalue weighted by atomic mass is 9.99. The molecular weight excluding hydrogens is 260 g/mol. The summed E-state index contributed by atoms with van der Waals surface area (Å²) in [5, 5.41) is 0.992. The third kappa shape index (κ3) is 3.34. The summed E-state index contributed by atoms with van der Waals surface area (Å²) in [6, 6.07) is 0. The molecule has 19 heavy (non-hydrogen) atoms. The Bertz CT molecular complexity index is 429. The van der Waals surface area contributed by atoms with Crippen molar-refractivity contribution in [1.29, 1.82) is 0 Å². The monoisotopic (exact) mass is 282 g/mol. The minimum absolute atomic E-state index is 0.296. The molecule has 0 spiro atoms. The van der Waals surface area contributed by atoms with Gasteiger partial charge in [0.1, 0.15) is 0 Å². The number of aromatic nitrogens is 1. The molecule has 0 radical (unpaired) electrons.